The SMILES string of the molecule is Cc1noc(CNC(=O)Nc2cc(Br)cc(C(=O)O)c2)n1. The molecule has 8 nitrogen and oxygen atoms in total. The molecular weight excluding hydrogens is 344 g/mol. The number of rotatable bonds is 4. The number of nitrogens with one attached hydrogen (secondary N) is 2. The molecule has 0 bridgehead atoms. The second-order valence-electron chi connectivity index (χ2n) is 4.08. The van der Waals surface area contributed by atoms with E-state index in [4.69, 9.17) is 9.63 Å². The minimum Gasteiger partial charge on any atom is -0.478 e. The fraction of sp³-hybridized carbons (Fsp3) is 0.167. The van der Waals surface area contributed by atoms with Gasteiger partial charge in [-0.1, -0.05) is 21.1 Å². The van der Waals surface area contributed by atoms with Crippen LogP contribution in [0.3, 0.4) is 0 Å². The Morgan fingerprint density at radius 1 is 1.38 bits per heavy atom. The molecule has 0 spiro atoms. The topological polar surface area (TPSA) is 117 Å². The van der Waals surface area contributed by atoms with Crippen LogP contribution in [0.25, 0.3) is 0 Å². The zero-order valence-electron chi connectivity index (χ0n) is 10.9. The number of anilines is 1. The van der Waals surface area contributed by atoms with E-state index in [0.717, 1.165) is 0 Å². The molecule has 0 fully saturated rings. The van der Waals surface area contributed by atoms with Crippen molar-refractivity contribution in [2.24, 2.45) is 0 Å². The zero-order chi connectivity index (χ0) is 15.4. The Morgan fingerprint density at radius 3 is 2.76 bits per heavy atom. The van der Waals surface area contributed by atoms with Gasteiger partial charge in [0.2, 0.25) is 5.89 Å². The van der Waals surface area contributed by atoms with Crippen molar-refractivity contribution in [2.45, 2.75) is 13.5 Å². The number of hydrogen-bond acceptors (Lipinski definition) is 5. The Kier molecular flexibility index (Phi) is 4.53. The van der Waals surface area contributed by atoms with E-state index in [-0.39, 0.29) is 18.0 Å². The number of halogens is 1. The van der Waals surface area contributed by atoms with E-state index in [0.29, 0.717) is 16.0 Å². The fourth-order valence-electron chi connectivity index (χ4n) is 1.53. The largest absolute Gasteiger partial charge is 0.478 e. The van der Waals surface area contributed by atoms with Crippen molar-refractivity contribution in [3.63, 3.8) is 0 Å². The second-order valence-corrected chi connectivity index (χ2v) is 4.99. The van der Waals surface area contributed by atoms with Crippen molar-refractivity contribution in [3.8, 4) is 0 Å². The quantitative estimate of drug-likeness (QED) is 0.774. The summed E-state index contributed by atoms with van der Waals surface area (Å²) in [5, 5.41) is 17.6. The van der Waals surface area contributed by atoms with Gasteiger partial charge in [-0.25, -0.2) is 9.59 Å². The number of carboxylic acids is 1. The molecule has 0 atom stereocenters. The van der Waals surface area contributed by atoms with Crippen molar-refractivity contribution in [1.82, 2.24) is 15.5 Å². The molecule has 1 aromatic heterocycles. The molecule has 0 saturated carbocycles. The van der Waals surface area contributed by atoms with Crippen LogP contribution in [0.2, 0.25) is 0 Å². The number of aromatic carboxylic acids is 1. The molecule has 2 rings (SSSR count). The third-order valence-corrected chi connectivity index (χ3v) is 2.83. The van der Waals surface area contributed by atoms with Gasteiger partial charge in [0, 0.05) is 10.2 Å². The molecule has 21 heavy (non-hydrogen) atoms. The Bertz CT molecular complexity index is 686. The summed E-state index contributed by atoms with van der Waals surface area (Å²) in [4.78, 5) is 26.6. The number of aryl methyl sites for hydroxylation is 1. The van der Waals surface area contributed by atoms with Gasteiger partial charge in [-0.05, 0) is 25.1 Å². The van der Waals surface area contributed by atoms with E-state index >= 15 is 0 Å². The minimum absolute atomic E-state index is 0.0622. The molecule has 1 heterocycles. The number of carbonyl (C=O) groups excluding carboxylic acids is 1. The predicted molar refractivity (Wildman–Crippen MR) is 76.0 cm³/mol. The van der Waals surface area contributed by atoms with Crippen molar-refractivity contribution >= 4 is 33.6 Å². The fourth-order valence-corrected chi connectivity index (χ4v) is 2.02. The molecule has 0 radical (unpaired) electrons. The molecule has 0 aliphatic carbocycles. The van der Waals surface area contributed by atoms with Crippen molar-refractivity contribution < 1.29 is 19.2 Å². The molecule has 9 heteroatoms. The van der Waals surface area contributed by atoms with Crippen LogP contribution in [-0.2, 0) is 6.54 Å². The molecule has 0 unspecified atom stereocenters. The molecule has 0 aliphatic heterocycles. The zero-order valence-corrected chi connectivity index (χ0v) is 12.5. The Balaban J connectivity index is 1.97. The lowest BCUT2D eigenvalue weighted by molar-refractivity contribution is 0.0697. The van der Waals surface area contributed by atoms with Crippen LogP contribution < -0.4 is 10.6 Å². The number of hydrogen-bond donors (Lipinski definition) is 3. The highest BCUT2D eigenvalue weighted by atomic mass is 79.9. The van der Waals surface area contributed by atoms with Crippen LogP contribution >= 0.6 is 15.9 Å². The maximum Gasteiger partial charge on any atom is 0.335 e. The van der Waals surface area contributed by atoms with Gasteiger partial charge < -0.3 is 20.3 Å². The summed E-state index contributed by atoms with van der Waals surface area (Å²) in [5.74, 6) is -0.325. The van der Waals surface area contributed by atoms with Gasteiger partial charge in [0.15, 0.2) is 5.82 Å². The highest BCUT2D eigenvalue weighted by Crippen LogP contribution is 2.19. The maximum absolute atomic E-state index is 11.7. The van der Waals surface area contributed by atoms with Gasteiger partial charge in [-0.2, -0.15) is 4.98 Å². The molecular formula is C12H11BrN4O4. The first kappa shape index (κ1) is 15.0. The van der Waals surface area contributed by atoms with Gasteiger partial charge in [0.25, 0.3) is 0 Å². The van der Waals surface area contributed by atoms with Crippen molar-refractivity contribution in [1.29, 1.82) is 0 Å². The third-order valence-electron chi connectivity index (χ3n) is 2.37. The molecule has 1 aromatic carbocycles. The van der Waals surface area contributed by atoms with E-state index in [2.05, 4.69) is 36.7 Å². The van der Waals surface area contributed by atoms with Crippen LogP contribution in [0.15, 0.2) is 27.2 Å². The number of benzene rings is 1. The maximum atomic E-state index is 11.7. The summed E-state index contributed by atoms with van der Waals surface area (Å²) in [6.45, 7) is 1.74. The van der Waals surface area contributed by atoms with Crippen molar-refractivity contribution in [2.75, 3.05) is 5.32 Å². The van der Waals surface area contributed by atoms with Gasteiger partial charge >= 0.3 is 12.0 Å². The Morgan fingerprint density at radius 2 is 2.14 bits per heavy atom. The van der Waals surface area contributed by atoms with E-state index in [1.807, 2.05) is 0 Å². The second kappa shape index (κ2) is 6.35. The van der Waals surface area contributed by atoms with Crippen LogP contribution in [-0.4, -0.2) is 27.2 Å². The normalized spacial score (nSPS) is 10.2. The van der Waals surface area contributed by atoms with Crippen molar-refractivity contribution in [3.05, 3.63) is 40.0 Å². The lowest BCUT2D eigenvalue weighted by Crippen LogP contribution is -2.28. The number of carbonyl (C=O) groups is 2. The lowest BCUT2D eigenvalue weighted by atomic mass is 10.2. The standard InChI is InChI=1S/C12H11BrN4O4/c1-6-15-10(21-17-6)5-14-12(20)16-9-3-7(11(18)19)2-8(13)4-9/h2-4H,5H2,1H3,(H,18,19)(H2,14,16,20). The van der Waals surface area contributed by atoms with Crippen LogP contribution in [0, 0.1) is 6.92 Å². The summed E-state index contributed by atoms with van der Waals surface area (Å²) in [6, 6.07) is 3.86. The lowest BCUT2D eigenvalue weighted by Gasteiger charge is -2.07. The van der Waals surface area contributed by atoms with Gasteiger partial charge in [0.1, 0.15) is 0 Å². The van der Waals surface area contributed by atoms with Crippen LogP contribution in [0.4, 0.5) is 10.5 Å². The monoisotopic (exact) mass is 354 g/mol. The first-order chi connectivity index (χ1) is 9.94. The highest BCUT2D eigenvalue weighted by molar-refractivity contribution is 9.10. The summed E-state index contributed by atoms with van der Waals surface area (Å²) in [5.41, 5.74) is 0.410. The molecule has 0 saturated heterocycles. The van der Waals surface area contributed by atoms with E-state index in [9.17, 15) is 9.59 Å². The van der Waals surface area contributed by atoms with Gasteiger partial charge in [0.05, 0.1) is 12.1 Å². The van der Waals surface area contributed by atoms with E-state index in [1.165, 1.54) is 12.1 Å². The summed E-state index contributed by atoms with van der Waals surface area (Å²) in [6.07, 6.45) is 0. The number of aromatic nitrogens is 2. The molecule has 2 amide bonds. The van der Waals surface area contributed by atoms with Gasteiger partial charge in [-0.15, -0.1) is 0 Å². The van der Waals surface area contributed by atoms with E-state index < -0.39 is 12.0 Å². The number of nitrogens with zero attached hydrogens (tertiary/aromatic N) is 2. The number of carboxylic acid groups (broad SMARTS) is 1. The Labute approximate surface area is 127 Å². The molecule has 2 aromatic rings. The molecule has 0 aliphatic rings. The third kappa shape index (κ3) is 4.28. The smallest absolute Gasteiger partial charge is 0.335 e. The number of urea groups is 1. The Hall–Kier alpha value is -2.42. The minimum atomic E-state index is -1.08. The summed E-state index contributed by atoms with van der Waals surface area (Å²) in [7, 11) is 0. The number of amides is 2. The molecule has 3 N–H and O–H groups in total. The average Bonchev–Trinajstić information content (AvgIpc) is 2.81. The first-order valence-corrected chi connectivity index (χ1v) is 6.61. The highest BCUT2D eigenvalue weighted by Gasteiger charge is 2.09. The average molecular weight is 355 g/mol. The van der Waals surface area contributed by atoms with Gasteiger partial charge in [-0.3, -0.25) is 0 Å². The first-order valence-electron chi connectivity index (χ1n) is 5.82. The predicted octanol–water partition coefficient (Wildman–Crippen LogP) is 2.16. The molecule has 110 valence electrons. The summed E-state index contributed by atoms with van der Waals surface area (Å²) >= 11 is 3.18. The van der Waals surface area contributed by atoms with E-state index in [1.54, 1.807) is 13.0 Å². The van der Waals surface area contributed by atoms with Crippen LogP contribution in [0.5, 0.6) is 0 Å². The van der Waals surface area contributed by atoms with Crippen LogP contribution in [0.1, 0.15) is 22.1 Å². The summed E-state index contributed by atoms with van der Waals surface area (Å²) < 4.78 is 5.39.